The number of hydrogen-bond donors (Lipinski definition) is 1. The van der Waals surface area contributed by atoms with E-state index in [1.165, 1.54) is 30.5 Å². The van der Waals surface area contributed by atoms with Gasteiger partial charge < -0.3 is 9.88 Å². The van der Waals surface area contributed by atoms with Crippen molar-refractivity contribution in [3.05, 3.63) is 80.4 Å². The molecule has 2 aromatic carbocycles. The van der Waals surface area contributed by atoms with Crippen LogP contribution in [-0.2, 0) is 0 Å². The van der Waals surface area contributed by atoms with Gasteiger partial charge in [0.15, 0.2) is 5.82 Å². The number of nitrogens with one attached hydrogen (secondary N) is 1. The predicted octanol–water partition coefficient (Wildman–Crippen LogP) is 5.20. The average molecular weight is 532 g/mol. The molecule has 1 unspecified atom stereocenters. The summed E-state index contributed by atoms with van der Waals surface area (Å²) in [6, 6.07) is 14.2. The number of tetrazole rings is 1. The fourth-order valence-electron chi connectivity index (χ4n) is 6.21. The molecular formula is C29H34ClN7O. The zero-order valence-electron chi connectivity index (χ0n) is 22.0. The Kier molecular flexibility index (Phi) is 6.93. The van der Waals surface area contributed by atoms with Crippen LogP contribution >= 0.6 is 11.6 Å². The summed E-state index contributed by atoms with van der Waals surface area (Å²) in [5, 5.41) is 14.9. The lowest BCUT2D eigenvalue weighted by Crippen LogP contribution is -2.49. The molecule has 8 nitrogen and oxygen atoms in total. The zero-order chi connectivity index (χ0) is 26.2. The number of H-pyrrole nitrogens is 1. The van der Waals surface area contributed by atoms with Crippen LogP contribution in [0.5, 0.6) is 0 Å². The molecule has 198 valence electrons. The van der Waals surface area contributed by atoms with Gasteiger partial charge in [0.05, 0.1) is 11.6 Å². The highest BCUT2D eigenvalue weighted by molar-refractivity contribution is 6.30. The predicted molar refractivity (Wildman–Crippen MR) is 151 cm³/mol. The van der Waals surface area contributed by atoms with Crippen LogP contribution in [0.25, 0.3) is 10.9 Å². The Hall–Kier alpha value is -3.23. The van der Waals surface area contributed by atoms with Gasteiger partial charge in [-0.25, -0.2) is 4.68 Å². The number of aromatic nitrogens is 5. The summed E-state index contributed by atoms with van der Waals surface area (Å²) in [6.45, 7) is 7.35. The maximum atomic E-state index is 13.6. The lowest BCUT2D eigenvalue weighted by atomic mass is 9.95. The molecule has 38 heavy (non-hydrogen) atoms. The number of aromatic amines is 1. The number of hydrogen-bond acceptors (Lipinski definition) is 6. The third-order valence-corrected chi connectivity index (χ3v) is 8.52. The van der Waals surface area contributed by atoms with Crippen LogP contribution in [0.3, 0.4) is 0 Å². The fourth-order valence-corrected chi connectivity index (χ4v) is 6.38. The van der Waals surface area contributed by atoms with Crippen molar-refractivity contribution in [2.24, 2.45) is 0 Å². The van der Waals surface area contributed by atoms with Gasteiger partial charge in [-0.1, -0.05) is 55.1 Å². The van der Waals surface area contributed by atoms with Crippen LogP contribution in [0.15, 0.2) is 47.3 Å². The maximum absolute atomic E-state index is 13.6. The number of fused-ring (bicyclic) bond motifs is 1. The summed E-state index contributed by atoms with van der Waals surface area (Å²) >= 11 is 6.33. The number of benzene rings is 2. The lowest BCUT2D eigenvalue weighted by Gasteiger charge is -2.40. The van der Waals surface area contributed by atoms with E-state index in [-0.39, 0.29) is 17.6 Å². The molecule has 2 fully saturated rings. The summed E-state index contributed by atoms with van der Waals surface area (Å²) in [4.78, 5) is 21.6. The van der Waals surface area contributed by atoms with Crippen molar-refractivity contribution < 1.29 is 0 Å². The minimum Gasteiger partial charge on any atom is -0.369 e. The summed E-state index contributed by atoms with van der Waals surface area (Å²) in [5.41, 5.74) is 4.93. The van der Waals surface area contributed by atoms with Crippen LogP contribution in [0.4, 0.5) is 5.69 Å². The van der Waals surface area contributed by atoms with Crippen molar-refractivity contribution in [3.8, 4) is 0 Å². The Bertz CT molecular complexity index is 1500. The zero-order valence-corrected chi connectivity index (χ0v) is 22.8. The molecule has 0 spiro atoms. The monoisotopic (exact) mass is 531 g/mol. The van der Waals surface area contributed by atoms with Crippen LogP contribution in [0.2, 0.25) is 5.02 Å². The third-order valence-electron chi connectivity index (χ3n) is 8.29. The summed E-state index contributed by atoms with van der Waals surface area (Å²) < 4.78 is 2.01. The highest BCUT2D eigenvalue weighted by atomic mass is 35.5. The standard InChI is InChI=1S/C29H34ClN7O/c1-19-11-12-22(30)18-25(19)35-13-15-36(16-14-35)27(28-32-33-34-37(28)23-9-4-3-5-10-23)24-17-21-8-6-7-20(2)26(21)31-29(24)38/h6-8,11-12,17-18,23,27H,3-5,9-10,13-16H2,1-2H3,(H,31,38). The topological polar surface area (TPSA) is 82.9 Å². The van der Waals surface area contributed by atoms with Gasteiger partial charge in [-0.2, -0.15) is 0 Å². The minimum absolute atomic E-state index is 0.0805. The van der Waals surface area contributed by atoms with E-state index in [0.29, 0.717) is 5.56 Å². The Morgan fingerprint density at radius 1 is 0.974 bits per heavy atom. The summed E-state index contributed by atoms with van der Waals surface area (Å²) in [7, 11) is 0. The van der Waals surface area contributed by atoms with Crippen molar-refractivity contribution >= 4 is 28.2 Å². The maximum Gasteiger partial charge on any atom is 0.253 e. The molecule has 1 atom stereocenters. The molecule has 4 aromatic rings. The number of anilines is 1. The van der Waals surface area contributed by atoms with E-state index in [1.54, 1.807) is 0 Å². The first-order valence-electron chi connectivity index (χ1n) is 13.6. The van der Waals surface area contributed by atoms with E-state index < -0.39 is 0 Å². The van der Waals surface area contributed by atoms with E-state index in [0.717, 1.165) is 66.3 Å². The Morgan fingerprint density at radius 3 is 2.55 bits per heavy atom. The molecule has 0 bridgehead atoms. The van der Waals surface area contributed by atoms with Crippen molar-refractivity contribution in [1.29, 1.82) is 0 Å². The van der Waals surface area contributed by atoms with Crippen molar-refractivity contribution in [2.45, 2.75) is 58.0 Å². The van der Waals surface area contributed by atoms with Gasteiger partial charge in [0.1, 0.15) is 6.04 Å². The first-order valence-corrected chi connectivity index (χ1v) is 14.0. The van der Waals surface area contributed by atoms with Crippen molar-refractivity contribution in [1.82, 2.24) is 30.1 Å². The molecule has 1 saturated carbocycles. The average Bonchev–Trinajstić information content (AvgIpc) is 3.41. The molecule has 1 saturated heterocycles. The largest absolute Gasteiger partial charge is 0.369 e. The van der Waals surface area contributed by atoms with Gasteiger partial charge in [-0.15, -0.1) is 5.10 Å². The molecule has 3 heterocycles. The van der Waals surface area contributed by atoms with Gasteiger partial charge in [0.2, 0.25) is 0 Å². The number of para-hydroxylation sites is 1. The van der Waals surface area contributed by atoms with Gasteiger partial charge >= 0.3 is 0 Å². The Labute approximate surface area is 227 Å². The molecule has 1 N–H and O–H groups in total. The van der Waals surface area contributed by atoms with E-state index >= 15 is 0 Å². The Morgan fingerprint density at radius 2 is 1.76 bits per heavy atom. The highest BCUT2D eigenvalue weighted by Gasteiger charge is 2.34. The number of aryl methyl sites for hydroxylation is 2. The molecule has 9 heteroatoms. The molecule has 2 aliphatic rings. The Balaban J connectivity index is 1.39. The lowest BCUT2D eigenvalue weighted by molar-refractivity contribution is 0.192. The number of pyridine rings is 1. The van der Waals surface area contributed by atoms with E-state index in [1.807, 2.05) is 41.9 Å². The number of piperazine rings is 1. The molecular weight excluding hydrogens is 498 g/mol. The SMILES string of the molecule is Cc1ccc(Cl)cc1N1CCN(C(c2cc3cccc(C)c3[nH]c2=O)c2nnnn2C2CCCCC2)CC1. The molecule has 0 amide bonds. The summed E-state index contributed by atoms with van der Waals surface area (Å²) in [5.74, 6) is 0.766. The third kappa shape index (κ3) is 4.71. The van der Waals surface area contributed by atoms with Crippen LogP contribution in [-0.4, -0.2) is 56.3 Å². The van der Waals surface area contributed by atoms with Crippen LogP contribution in [0, 0.1) is 13.8 Å². The number of halogens is 1. The van der Waals surface area contributed by atoms with E-state index in [2.05, 4.69) is 49.4 Å². The quantitative estimate of drug-likeness (QED) is 0.381. The molecule has 2 aromatic heterocycles. The second-order valence-electron chi connectivity index (χ2n) is 10.7. The van der Waals surface area contributed by atoms with Crippen LogP contribution in [0.1, 0.15) is 66.7 Å². The number of rotatable bonds is 5. The number of nitrogens with zero attached hydrogens (tertiary/aromatic N) is 6. The minimum atomic E-state index is -0.330. The molecule has 1 aliphatic carbocycles. The van der Waals surface area contributed by atoms with E-state index in [4.69, 9.17) is 11.6 Å². The fraction of sp³-hybridized carbons (Fsp3) is 0.448. The first-order chi connectivity index (χ1) is 18.5. The van der Waals surface area contributed by atoms with Gasteiger partial charge in [-0.3, -0.25) is 9.69 Å². The van der Waals surface area contributed by atoms with Crippen molar-refractivity contribution in [3.63, 3.8) is 0 Å². The molecule has 0 radical (unpaired) electrons. The van der Waals surface area contributed by atoms with Gasteiger partial charge in [0, 0.05) is 42.5 Å². The van der Waals surface area contributed by atoms with Crippen molar-refractivity contribution in [2.75, 3.05) is 31.1 Å². The normalized spacial score (nSPS) is 18.2. The van der Waals surface area contributed by atoms with Gasteiger partial charge in [0.25, 0.3) is 5.56 Å². The molecule has 1 aliphatic heterocycles. The second kappa shape index (κ2) is 10.5. The highest BCUT2D eigenvalue weighted by Crippen LogP contribution is 2.34. The van der Waals surface area contributed by atoms with E-state index in [9.17, 15) is 4.79 Å². The van der Waals surface area contributed by atoms with Gasteiger partial charge in [-0.05, 0) is 71.8 Å². The first kappa shape index (κ1) is 25.1. The summed E-state index contributed by atoms with van der Waals surface area (Å²) in [6.07, 6.45) is 5.76. The second-order valence-corrected chi connectivity index (χ2v) is 11.2. The van der Waals surface area contributed by atoms with Crippen LogP contribution < -0.4 is 10.5 Å². The smallest absolute Gasteiger partial charge is 0.253 e. The molecule has 6 rings (SSSR count).